The molecule has 0 radical (unpaired) electrons. The maximum Gasteiger partial charge on any atom is 0.276 e. The number of carbonyl (C=O) groups is 1. The van der Waals surface area contributed by atoms with Crippen LogP contribution in [-0.2, 0) is 4.74 Å². The second-order valence-electron chi connectivity index (χ2n) is 5.60. The highest BCUT2D eigenvalue weighted by atomic mass is 19.1. The summed E-state index contributed by atoms with van der Waals surface area (Å²) >= 11 is 0. The molecule has 0 bridgehead atoms. The van der Waals surface area contributed by atoms with Crippen molar-refractivity contribution in [1.29, 1.82) is 0 Å². The lowest BCUT2D eigenvalue weighted by atomic mass is 10.2. The molecule has 7 heteroatoms. The van der Waals surface area contributed by atoms with Gasteiger partial charge in [-0.25, -0.2) is 4.39 Å². The number of hydrogen-bond acceptors (Lipinski definition) is 4. The summed E-state index contributed by atoms with van der Waals surface area (Å²) in [4.78, 5) is 12.0. The van der Waals surface area contributed by atoms with Crippen molar-refractivity contribution >= 4 is 17.3 Å². The number of nitrogens with one attached hydrogen (secondary N) is 3. The first-order valence-electron chi connectivity index (χ1n) is 7.60. The van der Waals surface area contributed by atoms with Crippen molar-refractivity contribution in [3.63, 3.8) is 0 Å². The first-order valence-corrected chi connectivity index (χ1v) is 7.60. The third-order valence-corrected chi connectivity index (χ3v) is 3.71. The van der Waals surface area contributed by atoms with Crippen LogP contribution in [0.3, 0.4) is 0 Å². The molecule has 23 heavy (non-hydrogen) atoms. The van der Waals surface area contributed by atoms with Crippen LogP contribution >= 0.6 is 0 Å². The van der Waals surface area contributed by atoms with Crippen LogP contribution in [0.2, 0.25) is 0 Å². The highest BCUT2D eigenvalue weighted by Crippen LogP contribution is 2.21. The van der Waals surface area contributed by atoms with Gasteiger partial charge in [-0.3, -0.25) is 9.89 Å². The standard InChI is InChI=1S/C16H19FN4O2/c1-10-7-15(21-20-10)16(22)19-11-4-5-14(13(17)8-11)18-9-12-3-2-6-23-12/h4-5,7-8,12,18H,2-3,6,9H2,1H3,(H,19,22)(H,20,21)/t12-/m0/s1. The zero-order valence-corrected chi connectivity index (χ0v) is 12.9. The van der Waals surface area contributed by atoms with Crippen molar-refractivity contribution < 1.29 is 13.9 Å². The lowest BCUT2D eigenvalue weighted by Crippen LogP contribution is -2.19. The van der Waals surface area contributed by atoms with E-state index in [1.54, 1.807) is 25.1 Å². The van der Waals surface area contributed by atoms with Gasteiger partial charge >= 0.3 is 0 Å². The zero-order chi connectivity index (χ0) is 16.2. The Kier molecular flexibility index (Phi) is 4.57. The molecule has 122 valence electrons. The van der Waals surface area contributed by atoms with Gasteiger partial charge in [-0.15, -0.1) is 0 Å². The van der Waals surface area contributed by atoms with E-state index in [0.717, 1.165) is 25.1 Å². The fourth-order valence-corrected chi connectivity index (χ4v) is 2.49. The highest BCUT2D eigenvalue weighted by Gasteiger charge is 2.16. The van der Waals surface area contributed by atoms with Crippen molar-refractivity contribution in [3.05, 3.63) is 41.5 Å². The number of halogens is 1. The van der Waals surface area contributed by atoms with Gasteiger partial charge < -0.3 is 15.4 Å². The summed E-state index contributed by atoms with van der Waals surface area (Å²) in [6.45, 7) is 3.15. The molecule has 1 fully saturated rings. The molecule has 1 atom stereocenters. The topological polar surface area (TPSA) is 79.0 Å². The number of nitrogens with zero attached hydrogens (tertiary/aromatic N) is 1. The van der Waals surface area contributed by atoms with Gasteiger partial charge in [0.25, 0.3) is 5.91 Å². The van der Waals surface area contributed by atoms with Crippen molar-refractivity contribution in [3.8, 4) is 0 Å². The van der Waals surface area contributed by atoms with Crippen LogP contribution in [0, 0.1) is 12.7 Å². The van der Waals surface area contributed by atoms with Crippen LogP contribution in [0.4, 0.5) is 15.8 Å². The number of H-pyrrole nitrogens is 1. The molecule has 0 unspecified atom stereocenters. The molecule has 0 aliphatic carbocycles. The SMILES string of the molecule is Cc1cc(C(=O)Nc2ccc(NC[C@@H]3CCCO3)c(F)c2)n[nH]1. The molecule has 3 rings (SSSR count). The van der Waals surface area contributed by atoms with Gasteiger partial charge in [0.15, 0.2) is 5.69 Å². The Labute approximate surface area is 133 Å². The maximum atomic E-state index is 14.1. The summed E-state index contributed by atoms with van der Waals surface area (Å²) in [5, 5.41) is 12.2. The second-order valence-corrected chi connectivity index (χ2v) is 5.60. The summed E-state index contributed by atoms with van der Waals surface area (Å²) in [7, 11) is 0. The molecular formula is C16H19FN4O2. The van der Waals surface area contributed by atoms with Crippen molar-refractivity contribution in [2.75, 3.05) is 23.8 Å². The number of hydrogen-bond donors (Lipinski definition) is 3. The Hall–Kier alpha value is -2.41. The van der Waals surface area contributed by atoms with Crippen LogP contribution < -0.4 is 10.6 Å². The molecule has 6 nitrogen and oxygen atoms in total. The van der Waals surface area contributed by atoms with Crippen LogP contribution in [-0.4, -0.2) is 35.4 Å². The number of amides is 1. The summed E-state index contributed by atoms with van der Waals surface area (Å²) in [5.41, 5.74) is 1.84. The van der Waals surface area contributed by atoms with E-state index in [4.69, 9.17) is 4.74 Å². The minimum absolute atomic E-state index is 0.136. The fourth-order valence-electron chi connectivity index (χ4n) is 2.49. The molecule has 1 aliphatic heterocycles. The van der Waals surface area contributed by atoms with E-state index in [0.29, 0.717) is 17.9 Å². The normalized spacial score (nSPS) is 17.2. The van der Waals surface area contributed by atoms with E-state index < -0.39 is 5.82 Å². The minimum Gasteiger partial charge on any atom is -0.380 e. The average molecular weight is 318 g/mol. The molecule has 3 N–H and O–H groups in total. The summed E-state index contributed by atoms with van der Waals surface area (Å²) in [5.74, 6) is -0.798. The van der Waals surface area contributed by atoms with E-state index in [1.165, 1.54) is 6.07 Å². The molecule has 1 aliphatic rings. The molecule has 1 saturated heterocycles. The number of benzene rings is 1. The van der Waals surface area contributed by atoms with Crippen molar-refractivity contribution in [2.45, 2.75) is 25.9 Å². The predicted octanol–water partition coefficient (Wildman–Crippen LogP) is 2.70. The Morgan fingerprint density at radius 2 is 2.35 bits per heavy atom. The smallest absolute Gasteiger partial charge is 0.276 e. The quantitative estimate of drug-likeness (QED) is 0.792. The van der Waals surface area contributed by atoms with E-state index in [-0.39, 0.29) is 17.7 Å². The molecule has 2 heterocycles. The Balaban J connectivity index is 1.60. The fraction of sp³-hybridized carbons (Fsp3) is 0.375. The van der Waals surface area contributed by atoms with Gasteiger partial charge in [0, 0.05) is 24.5 Å². The van der Waals surface area contributed by atoms with Gasteiger partial charge in [-0.1, -0.05) is 0 Å². The van der Waals surface area contributed by atoms with Crippen LogP contribution in [0.25, 0.3) is 0 Å². The van der Waals surface area contributed by atoms with E-state index in [1.807, 2.05) is 0 Å². The largest absolute Gasteiger partial charge is 0.380 e. The third kappa shape index (κ3) is 3.87. The number of carbonyl (C=O) groups excluding carboxylic acids is 1. The van der Waals surface area contributed by atoms with Crippen molar-refractivity contribution in [2.24, 2.45) is 0 Å². The maximum absolute atomic E-state index is 14.1. The lowest BCUT2D eigenvalue weighted by molar-refractivity contribution is 0.102. The van der Waals surface area contributed by atoms with Gasteiger partial charge in [0.1, 0.15) is 5.82 Å². The molecule has 0 spiro atoms. The monoisotopic (exact) mass is 318 g/mol. The van der Waals surface area contributed by atoms with Crippen LogP contribution in [0.15, 0.2) is 24.3 Å². The van der Waals surface area contributed by atoms with Gasteiger partial charge in [-0.05, 0) is 44.0 Å². The number of ether oxygens (including phenoxy) is 1. The second kappa shape index (κ2) is 6.78. The van der Waals surface area contributed by atoms with E-state index in [9.17, 15) is 9.18 Å². The Bertz CT molecular complexity index is 695. The molecule has 1 aromatic heterocycles. The van der Waals surface area contributed by atoms with E-state index >= 15 is 0 Å². The van der Waals surface area contributed by atoms with Crippen LogP contribution in [0.5, 0.6) is 0 Å². The molecule has 1 aromatic carbocycles. The van der Waals surface area contributed by atoms with Crippen molar-refractivity contribution in [1.82, 2.24) is 10.2 Å². The summed E-state index contributed by atoms with van der Waals surface area (Å²) in [6.07, 6.45) is 2.18. The Morgan fingerprint density at radius 3 is 3.00 bits per heavy atom. The van der Waals surface area contributed by atoms with Gasteiger partial charge in [0.05, 0.1) is 11.8 Å². The first kappa shape index (κ1) is 15.5. The minimum atomic E-state index is -0.418. The number of aromatic amines is 1. The highest BCUT2D eigenvalue weighted by molar-refractivity contribution is 6.02. The zero-order valence-electron chi connectivity index (χ0n) is 12.9. The molecular weight excluding hydrogens is 299 g/mol. The average Bonchev–Trinajstić information content (AvgIpc) is 3.18. The molecule has 0 saturated carbocycles. The lowest BCUT2D eigenvalue weighted by Gasteiger charge is -2.13. The number of rotatable bonds is 5. The molecule has 2 aromatic rings. The number of aromatic nitrogens is 2. The number of anilines is 2. The summed E-state index contributed by atoms with van der Waals surface area (Å²) in [6, 6.07) is 6.17. The van der Waals surface area contributed by atoms with E-state index in [2.05, 4.69) is 20.8 Å². The van der Waals surface area contributed by atoms with Gasteiger partial charge in [-0.2, -0.15) is 5.10 Å². The van der Waals surface area contributed by atoms with Gasteiger partial charge in [0.2, 0.25) is 0 Å². The number of aryl methyl sites for hydroxylation is 1. The summed E-state index contributed by atoms with van der Waals surface area (Å²) < 4.78 is 19.6. The first-order chi connectivity index (χ1) is 11.1. The molecule has 1 amide bonds. The predicted molar refractivity (Wildman–Crippen MR) is 85.1 cm³/mol. The van der Waals surface area contributed by atoms with Crippen LogP contribution in [0.1, 0.15) is 29.0 Å². The third-order valence-electron chi connectivity index (χ3n) is 3.71. The Morgan fingerprint density at radius 1 is 1.48 bits per heavy atom.